The second kappa shape index (κ2) is 3.50. The first-order chi connectivity index (χ1) is 7.22. The fourth-order valence-corrected chi connectivity index (χ4v) is 1.36. The molecule has 5 heteroatoms. The van der Waals surface area contributed by atoms with Crippen LogP contribution < -0.4 is 0 Å². The maximum absolute atomic E-state index is 12.7. The lowest BCUT2D eigenvalue weighted by atomic mass is 10.1. The standard InChI is InChI=1S/C10H7FN4/c1-15-10(9(6-12)13-14-15)7-2-4-8(11)5-3-7/h2-5H,1H3. The molecule has 0 aliphatic carbocycles. The number of nitrogens with zero attached hydrogens (tertiary/aromatic N) is 4. The molecule has 1 aromatic heterocycles. The zero-order chi connectivity index (χ0) is 10.8. The van der Waals surface area contributed by atoms with Gasteiger partial charge in [0.25, 0.3) is 0 Å². The van der Waals surface area contributed by atoms with Gasteiger partial charge in [0.1, 0.15) is 17.6 Å². The quantitative estimate of drug-likeness (QED) is 0.704. The molecule has 0 fully saturated rings. The summed E-state index contributed by atoms with van der Waals surface area (Å²) < 4.78 is 14.2. The number of nitriles is 1. The van der Waals surface area contributed by atoms with Crippen LogP contribution in [0.15, 0.2) is 24.3 Å². The summed E-state index contributed by atoms with van der Waals surface area (Å²) in [6.07, 6.45) is 0. The lowest BCUT2D eigenvalue weighted by molar-refractivity contribution is 0.628. The highest BCUT2D eigenvalue weighted by Gasteiger charge is 2.11. The van der Waals surface area contributed by atoms with Crippen LogP contribution in [-0.2, 0) is 7.05 Å². The largest absolute Gasteiger partial charge is 0.246 e. The number of aryl methyl sites for hydroxylation is 1. The van der Waals surface area contributed by atoms with Crippen LogP contribution in [0.1, 0.15) is 5.69 Å². The van der Waals surface area contributed by atoms with Gasteiger partial charge in [-0.25, -0.2) is 9.07 Å². The zero-order valence-corrected chi connectivity index (χ0v) is 7.98. The number of benzene rings is 1. The van der Waals surface area contributed by atoms with Crippen molar-refractivity contribution < 1.29 is 4.39 Å². The van der Waals surface area contributed by atoms with Crippen molar-refractivity contribution in [2.75, 3.05) is 0 Å². The second-order valence-corrected chi connectivity index (χ2v) is 3.03. The van der Waals surface area contributed by atoms with Crippen molar-refractivity contribution in [3.8, 4) is 17.3 Å². The minimum absolute atomic E-state index is 0.240. The molecule has 0 bridgehead atoms. The predicted octanol–water partition coefficient (Wildman–Crippen LogP) is 1.49. The van der Waals surface area contributed by atoms with E-state index in [9.17, 15) is 4.39 Å². The van der Waals surface area contributed by atoms with Crippen LogP contribution in [0.2, 0.25) is 0 Å². The molecule has 0 aliphatic heterocycles. The van der Waals surface area contributed by atoms with Crippen molar-refractivity contribution in [1.82, 2.24) is 15.0 Å². The monoisotopic (exact) mass is 202 g/mol. The van der Waals surface area contributed by atoms with Crippen LogP contribution in [0.5, 0.6) is 0 Å². The molecule has 0 amide bonds. The maximum Gasteiger partial charge on any atom is 0.190 e. The molecule has 74 valence electrons. The van der Waals surface area contributed by atoms with Gasteiger partial charge in [0.15, 0.2) is 5.69 Å². The van der Waals surface area contributed by atoms with Crippen molar-refractivity contribution in [3.63, 3.8) is 0 Å². The number of halogens is 1. The Hall–Kier alpha value is -2.22. The van der Waals surface area contributed by atoms with E-state index in [-0.39, 0.29) is 11.5 Å². The first-order valence-electron chi connectivity index (χ1n) is 4.28. The van der Waals surface area contributed by atoms with E-state index >= 15 is 0 Å². The maximum atomic E-state index is 12.7. The molecule has 0 aliphatic rings. The fourth-order valence-electron chi connectivity index (χ4n) is 1.36. The van der Waals surface area contributed by atoms with Gasteiger partial charge < -0.3 is 0 Å². The van der Waals surface area contributed by atoms with Crippen molar-refractivity contribution in [1.29, 1.82) is 5.26 Å². The molecule has 0 saturated heterocycles. The van der Waals surface area contributed by atoms with Gasteiger partial charge in [-0.3, -0.25) is 0 Å². The molecule has 2 rings (SSSR count). The Balaban J connectivity index is 2.59. The van der Waals surface area contributed by atoms with Gasteiger partial charge in [-0.1, -0.05) is 5.21 Å². The summed E-state index contributed by atoms with van der Waals surface area (Å²) in [4.78, 5) is 0. The molecule has 0 N–H and O–H groups in total. The normalized spacial score (nSPS) is 9.93. The molecule has 4 nitrogen and oxygen atoms in total. The highest BCUT2D eigenvalue weighted by molar-refractivity contribution is 5.64. The van der Waals surface area contributed by atoms with E-state index in [0.29, 0.717) is 5.69 Å². The Morgan fingerprint density at radius 1 is 1.33 bits per heavy atom. The highest BCUT2D eigenvalue weighted by atomic mass is 19.1. The number of aromatic nitrogens is 3. The minimum atomic E-state index is -0.313. The smallest absolute Gasteiger partial charge is 0.190 e. The number of hydrogen-bond acceptors (Lipinski definition) is 3. The third-order valence-corrected chi connectivity index (χ3v) is 2.05. The third-order valence-electron chi connectivity index (χ3n) is 2.05. The van der Waals surface area contributed by atoms with E-state index in [1.165, 1.54) is 16.8 Å². The van der Waals surface area contributed by atoms with Gasteiger partial charge in [0, 0.05) is 12.6 Å². The lowest BCUT2D eigenvalue weighted by Crippen LogP contribution is -1.94. The average molecular weight is 202 g/mol. The van der Waals surface area contributed by atoms with Crippen LogP contribution in [-0.4, -0.2) is 15.0 Å². The molecule has 0 atom stereocenters. The van der Waals surface area contributed by atoms with Crippen molar-refractivity contribution >= 4 is 0 Å². The molecule has 0 unspecified atom stereocenters. The van der Waals surface area contributed by atoms with Crippen molar-refractivity contribution in [2.45, 2.75) is 0 Å². The highest BCUT2D eigenvalue weighted by Crippen LogP contribution is 2.20. The van der Waals surface area contributed by atoms with Crippen LogP contribution in [0, 0.1) is 17.1 Å². The molecular formula is C10H7FN4. The molecule has 1 heterocycles. The van der Waals surface area contributed by atoms with E-state index in [4.69, 9.17) is 5.26 Å². The first-order valence-corrected chi connectivity index (χ1v) is 4.28. The Morgan fingerprint density at radius 3 is 2.60 bits per heavy atom. The van der Waals surface area contributed by atoms with Crippen molar-refractivity contribution in [3.05, 3.63) is 35.8 Å². The molecular weight excluding hydrogens is 195 g/mol. The van der Waals surface area contributed by atoms with E-state index in [1.807, 2.05) is 6.07 Å². The predicted molar refractivity (Wildman–Crippen MR) is 51.1 cm³/mol. The first kappa shape index (κ1) is 9.34. The molecule has 15 heavy (non-hydrogen) atoms. The topological polar surface area (TPSA) is 54.5 Å². The zero-order valence-electron chi connectivity index (χ0n) is 7.98. The number of hydrogen-bond donors (Lipinski definition) is 0. The Morgan fingerprint density at radius 2 is 2.00 bits per heavy atom. The molecule has 2 aromatic rings. The molecule has 1 aromatic carbocycles. The van der Waals surface area contributed by atoms with Gasteiger partial charge in [-0.15, -0.1) is 5.10 Å². The van der Waals surface area contributed by atoms with Gasteiger partial charge >= 0.3 is 0 Å². The third kappa shape index (κ3) is 1.57. The van der Waals surface area contributed by atoms with E-state index in [0.717, 1.165) is 5.56 Å². The molecule has 0 radical (unpaired) electrons. The van der Waals surface area contributed by atoms with E-state index in [2.05, 4.69) is 10.3 Å². The van der Waals surface area contributed by atoms with Gasteiger partial charge in [-0.2, -0.15) is 5.26 Å². The van der Waals surface area contributed by atoms with Gasteiger partial charge in [0.05, 0.1) is 0 Å². The van der Waals surface area contributed by atoms with E-state index in [1.54, 1.807) is 19.2 Å². The van der Waals surface area contributed by atoms with E-state index < -0.39 is 0 Å². The van der Waals surface area contributed by atoms with Gasteiger partial charge in [-0.05, 0) is 24.3 Å². The molecule has 0 spiro atoms. The number of rotatable bonds is 1. The summed E-state index contributed by atoms with van der Waals surface area (Å²) in [7, 11) is 1.69. The summed E-state index contributed by atoms with van der Waals surface area (Å²) in [5, 5.41) is 16.2. The van der Waals surface area contributed by atoms with Crippen LogP contribution in [0.25, 0.3) is 11.3 Å². The summed E-state index contributed by atoms with van der Waals surface area (Å²) in [5.41, 5.74) is 1.56. The van der Waals surface area contributed by atoms with Crippen LogP contribution in [0.3, 0.4) is 0 Å². The summed E-state index contributed by atoms with van der Waals surface area (Å²) in [6, 6.07) is 7.80. The minimum Gasteiger partial charge on any atom is -0.246 e. The Kier molecular flexibility index (Phi) is 2.18. The summed E-state index contributed by atoms with van der Waals surface area (Å²) in [6.45, 7) is 0. The van der Waals surface area contributed by atoms with Crippen LogP contribution in [0.4, 0.5) is 4.39 Å². The summed E-state index contributed by atoms with van der Waals surface area (Å²) in [5.74, 6) is -0.313. The lowest BCUT2D eigenvalue weighted by Gasteiger charge is -2.00. The molecule has 0 saturated carbocycles. The van der Waals surface area contributed by atoms with Gasteiger partial charge in [0.2, 0.25) is 0 Å². The second-order valence-electron chi connectivity index (χ2n) is 3.03. The summed E-state index contributed by atoms with van der Waals surface area (Å²) >= 11 is 0. The van der Waals surface area contributed by atoms with Crippen molar-refractivity contribution in [2.24, 2.45) is 7.05 Å². The fraction of sp³-hybridized carbons (Fsp3) is 0.100. The Bertz CT molecular complexity index is 521. The SMILES string of the molecule is Cn1nnc(C#N)c1-c1ccc(F)cc1. The average Bonchev–Trinajstić information content (AvgIpc) is 2.61. The Labute approximate surface area is 85.6 Å². The van der Waals surface area contributed by atoms with Crippen LogP contribution >= 0.6 is 0 Å².